The Morgan fingerprint density at radius 1 is 1.11 bits per heavy atom. The monoisotopic (exact) mass is 526 g/mol. The van der Waals surface area contributed by atoms with Crippen molar-refractivity contribution in [1.82, 2.24) is 10.2 Å². The van der Waals surface area contributed by atoms with Gasteiger partial charge in [-0.3, -0.25) is 10.1 Å². The molecule has 0 radical (unpaired) electrons. The third-order valence-corrected chi connectivity index (χ3v) is 7.93. The highest BCUT2D eigenvalue weighted by Gasteiger charge is 2.24. The Kier molecular flexibility index (Phi) is 7.40. The first kappa shape index (κ1) is 24.3. The van der Waals surface area contributed by atoms with Crippen molar-refractivity contribution in [1.29, 1.82) is 5.26 Å². The van der Waals surface area contributed by atoms with E-state index in [1.54, 1.807) is 18.2 Å². The molecule has 1 amide bonds. The number of para-hydroxylation sites is 1. The first-order valence-corrected chi connectivity index (χ1v) is 13.2. The van der Waals surface area contributed by atoms with Gasteiger partial charge in [0.15, 0.2) is 5.01 Å². The van der Waals surface area contributed by atoms with Crippen LogP contribution in [0.15, 0.2) is 70.9 Å². The Bertz CT molecular complexity index is 1460. The standard InChI is InChI=1S/C23H18N4O5S3/c1-31-17-8-10-18(11-9-17)35(29,30)32-19-6-3-2-5-15(19)13-16(14-24)21(28)25-23-27-26-22(34-23)20-7-4-12-33-20/h2-12,16H,13H2,1H3,(H,25,27,28). The number of carbonyl (C=O) groups excluding carboxylic acids is 1. The van der Waals surface area contributed by atoms with Gasteiger partial charge >= 0.3 is 10.1 Å². The molecule has 0 saturated heterocycles. The quantitative estimate of drug-likeness (QED) is 0.318. The van der Waals surface area contributed by atoms with Crippen LogP contribution >= 0.6 is 22.7 Å². The summed E-state index contributed by atoms with van der Waals surface area (Å²) in [6, 6.07) is 17.9. The molecular weight excluding hydrogens is 508 g/mol. The van der Waals surface area contributed by atoms with Gasteiger partial charge in [0.2, 0.25) is 11.0 Å². The van der Waals surface area contributed by atoms with Crippen molar-refractivity contribution in [3.63, 3.8) is 0 Å². The fraction of sp³-hybridized carbons (Fsp3) is 0.130. The van der Waals surface area contributed by atoms with Crippen LogP contribution in [0.2, 0.25) is 0 Å². The molecule has 178 valence electrons. The van der Waals surface area contributed by atoms with E-state index in [9.17, 15) is 18.5 Å². The third-order valence-electron chi connectivity index (χ3n) is 4.80. The molecule has 0 aliphatic rings. The van der Waals surface area contributed by atoms with Crippen molar-refractivity contribution < 1.29 is 22.1 Å². The number of aromatic nitrogens is 2. The minimum absolute atomic E-state index is 0.0345. The largest absolute Gasteiger partial charge is 0.497 e. The van der Waals surface area contributed by atoms with Gasteiger partial charge in [0.1, 0.15) is 22.3 Å². The van der Waals surface area contributed by atoms with E-state index in [1.165, 1.54) is 60.1 Å². The van der Waals surface area contributed by atoms with Gasteiger partial charge in [0, 0.05) is 6.42 Å². The number of benzene rings is 2. The zero-order chi connectivity index (χ0) is 24.8. The summed E-state index contributed by atoms with van der Waals surface area (Å²) in [5.41, 5.74) is 0.392. The number of ether oxygens (including phenoxy) is 1. The molecule has 1 unspecified atom stereocenters. The van der Waals surface area contributed by atoms with Crippen LogP contribution in [0.1, 0.15) is 5.56 Å². The van der Waals surface area contributed by atoms with Crippen LogP contribution in [-0.4, -0.2) is 31.6 Å². The lowest BCUT2D eigenvalue weighted by Crippen LogP contribution is -2.23. The summed E-state index contributed by atoms with van der Waals surface area (Å²) in [5.74, 6) is -1.15. The van der Waals surface area contributed by atoms with E-state index in [2.05, 4.69) is 15.5 Å². The van der Waals surface area contributed by atoms with Crippen molar-refractivity contribution in [2.75, 3.05) is 12.4 Å². The number of hydrogen-bond acceptors (Lipinski definition) is 10. The smallest absolute Gasteiger partial charge is 0.339 e. The molecule has 0 aliphatic heterocycles. The van der Waals surface area contributed by atoms with E-state index in [1.807, 2.05) is 23.6 Å². The second kappa shape index (κ2) is 10.6. The summed E-state index contributed by atoms with van der Waals surface area (Å²) < 4.78 is 35.9. The zero-order valence-electron chi connectivity index (χ0n) is 18.2. The molecule has 12 heteroatoms. The predicted octanol–water partition coefficient (Wildman–Crippen LogP) is 4.36. The number of rotatable bonds is 9. The molecule has 0 bridgehead atoms. The molecule has 4 rings (SSSR count). The van der Waals surface area contributed by atoms with Crippen LogP contribution < -0.4 is 14.2 Å². The minimum atomic E-state index is -4.15. The number of nitriles is 1. The first-order valence-electron chi connectivity index (χ1n) is 10.1. The summed E-state index contributed by atoms with van der Waals surface area (Å²) in [6.45, 7) is 0. The average molecular weight is 527 g/mol. The maximum absolute atomic E-state index is 12.8. The fourth-order valence-electron chi connectivity index (χ4n) is 3.05. The molecule has 0 fully saturated rings. The Morgan fingerprint density at radius 3 is 2.57 bits per heavy atom. The first-order chi connectivity index (χ1) is 16.9. The predicted molar refractivity (Wildman–Crippen MR) is 132 cm³/mol. The number of amides is 1. The van der Waals surface area contributed by atoms with Crippen LogP contribution in [0, 0.1) is 17.2 Å². The van der Waals surface area contributed by atoms with Crippen molar-refractivity contribution in [2.24, 2.45) is 5.92 Å². The molecule has 0 spiro atoms. The summed E-state index contributed by atoms with van der Waals surface area (Å²) >= 11 is 2.70. The Balaban J connectivity index is 1.48. The highest BCUT2D eigenvalue weighted by molar-refractivity contribution is 7.87. The van der Waals surface area contributed by atoms with E-state index < -0.39 is 21.9 Å². The molecule has 35 heavy (non-hydrogen) atoms. The van der Waals surface area contributed by atoms with Gasteiger partial charge in [-0.25, -0.2) is 0 Å². The SMILES string of the molecule is COc1ccc(S(=O)(=O)Oc2ccccc2CC(C#N)C(=O)Nc2nnc(-c3cccs3)s2)cc1. The van der Waals surface area contributed by atoms with Gasteiger partial charge in [-0.1, -0.05) is 35.6 Å². The number of anilines is 1. The summed E-state index contributed by atoms with van der Waals surface area (Å²) in [6.07, 6.45) is -0.0623. The number of nitrogens with zero attached hydrogens (tertiary/aromatic N) is 3. The van der Waals surface area contributed by atoms with E-state index in [-0.39, 0.29) is 22.2 Å². The second-order valence-electron chi connectivity index (χ2n) is 7.09. The van der Waals surface area contributed by atoms with Crippen molar-refractivity contribution >= 4 is 43.8 Å². The number of thiophene rings is 1. The highest BCUT2D eigenvalue weighted by atomic mass is 32.2. The number of hydrogen-bond donors (Lipinski definition) is 1. The molecule has 4 aromatic rings. The normalized spacial score (nSPS) is 11.9. The number of methoxy groups -OCH3 is 1. The van der Waals surface area contributed by atoms with E-state index in [4.69, 9.17) is 8.92 Å². The van der Waals surface area contributed by atoms with E-state index in [0.29, 0.717) is 16.3 Å². The summed E-state index contributed by atoms with van der Waals surface area (Å²) in [7, 11) is -2.67. The number of carbonyl (C=O) groups is 1. The highest BCUT2D eigenvalue weighted by Crippen LogP contribution is 2.30. The van der Waals surface area contributed by atoms with E-state index >= 15 is 0 Å². The van der Waals surface area contributed by atoms with Crippen LogP contribution in [0.5, 0.6) is 11.5 Å². The average Bonchev–Trinajstić information content (AvgIpc) is 3.55. The topological polar surface area (TPSA) is 131 Å². The molecule has 2 aromatic carbocycles. The molecule has 0 aliphatic carbocycles. The lowest BCUT2D eigenvalue weighted by Gasteiger charge is -2.14. The molecule has 1 atom stereocenters. The molecule has 0 saturated carbocycles. The second-order valence-corrected chi connectivity index (χ2v) is 10.6. The third kappa shape index (κ3) is 5.83. The minimum Gasteiger partial charge on any atom is -0.497 e. The van der Waals surface area contributed by atoms with Crippen LogP contribution in [0.3, 0.4) is 0 Å². The summed E-state index contributed by atoms with van der Waals surface area (Å²) in [5, 5.41) is 23.1. The van der Waals surface area contributed by atoms with Crippen LogP contribution in [0.4, 0.5) is 5.13 Å². The molecular formula is C23H18N4O5S3. The number of nitrogens with one attached hydrogen (secondary N) is 1. The van der Waals surface area contributed by atoms with Gasteiger partial charge in [0.05, 0.1) is 18.1 Å². The Morgan fingerprint density at radius 2 is 1.89 bits per heavy atom. The van der Waals surface area contributed by atoms with Gasteiger partial charge < -0.3 is 8.92 Å². The molecule has 2 aromatic heterocycles. The van der Waals surface area contributed by atoms with Gasteiger partial charge in [-0.15, -0.1) is 21.5 Å². The van der Waals surface area contributed by atoms with Crippen molar-refractivity contribution in [3.8, 4) is 27.5 Å². The van der Waals surface area contributed by atoms with Crippen molar-refractivity contribution in [3.05, 3.63) is 71.6 Å². The molecule has 2 heterocycles. The Labute approximate surface area is 209 Å². The van der Waals surface area contributed by atoms with Gasteiger partial charge in [-0.2, -0.15) is 13.7 Å². The molecule has 1 N–H and O–H groups in total. The maximum Gasteiger partial charge on any atom is 0.339 e. The Hall–Kier alpha value is -3.79. The molecule has 9 nitrogen and oxygen atoms in total. The zero-order valence-corrected chi connectivity index (χ0v) is 20.7. The van der Waals surface area contributed by atoms with Crippen LogP contribution in [-0.2, 0) is 21.3 Å². The van der Waals surface area contributed by atoms with Crippen molar-refractivity contribution in [2.45, 2.75) is 11.3 Å². The fourth-order valence-corrected chi connectivity index (χ4v) is 5.55. The lowest BCUT2D eigenvalue weighted by atomic mass is 9.99. The summed E-state index contributed by atoms with van der Waals surface area (Å²) in [4.78, 5) is 13.6. The van der Waals surface area contributed by atoms with Gasteiger partial charge in [0.25, 0.3) is 0 Å². The lowest BCUT2D eigenvalue weighted by molar-refractivity contribution is -0.118. The van der Waals surface area contributed by atoms with Gasteiger partial charge in [-0.05, 0) is 47.3 Å². The van der Waals surface area contributed by atoms with Crippen LogP contribution in [0.25, 0.3) is 9.88 Å². The van der Waals surface area contributed by atoms with E-state index in [0.717, 1.165) is 4.88 Å². The maximum atomic E-state index is 12.8.